The van der Waals surface area contributed by atoms with Gasteiger partial charge in [-0.2, -0.15) is 0 Å². The number of carbonyl (C=O) groups is 3. The highest BCUT2D eigenvalue weighted by molar-refractivity contribution is 7.46. The number of esters is 2. The first-order valence-electron chi connectivity index (χ1n) is 19.3. The Morgan fingerprint density at radius 2 is 1.43 bits per heavy atom. The normalized spacial score (nSPS) is 19.6. The summed E-state index contributed by atoms with van der Waals surface area (Å²) in [6.07, 6.45) is 32.8. The summed E-state index contributed by atoms with van der Waals surface area (Å²) in [5.41, 5.74) is 0. The van der Waals surface area contributed by atoms with Crippen LogP contribution in [0.3, 0.4) is 0 Å². The van der Waals surface area contributed by atoms with Crippen LogP contribution in [-0.2, 0) is 32.9 Å². The van der Waals surface area contributed by atoms with Crippen LogP contribution in [0.2, 0.25) is 0 Å². The molecular formula is C41H65O11P. The van der Waals surface area contributed by atoms with E-state index in [1.165, 1.54) is 0 Å². The van der Waals surface area contributed by atoms with E-state index in [0.29, 0.717) is 32.1 Å². The second kappa shape index (κ2) is 30.4. The second-order valence-corrected chi connectivity index (χ2v) is 14.5. The van der Waals surface area contributed by atoms with Crippen molar-refractivity contribution in [3.05, 3.63) is 72.9 Å². The fourth-order valence-corrected chi connectivity index (χ4v) is 6.00. The Morgan fingerprint density at radius 3 is 2.09 bits per heavy atom. The minimum atomic E-state index is -4.84. The standard InChI is InChI=1S/C41H65O11P/c1-3-5-7-8-9-10-11-12-13-14-15-16-17-18-23-27-40(45)50-32-35(33-51-53(47,48)49)52-41(46)28-24-20-19-22-26-36-37(39(44)31-38(36)43)30-29-34(42)25-21-6-4-2/h5,7,9-10,12-13,15-16,19,22,29-30,34-38,42-43H,3-4,6,8,11,14,17-18,20-21,23-28,31-33H2,1-2H3,(H2,47,48,49)/b7-5-,10-9-,13-12-,16-15-,22-19-,30-29+/t34-,35+,36+,37+,38-/m0/s1. The summed E-state index contributed by atoms with van der Waals surface area (Å²) in [4.78, 5) is 55.4. The van der Waals surface area contributed by atoms with Gasteiger partial charge in [0, 0.05) is 31.1 Å². The topological polar surface area (TPSA) is 177 Å². The van der Waals surface area contributed by atoms with Crippen LogP contribution in [0, 0.1) is 11.8 Å². The summed E-state index contributed by atoms with van der Waals surface area (Å²) >= 11 is 0. The average Bonchev–Trinajstić information content (AvgIpc) is 3.38. The monoisotopic (exact) mass is 764 g/mol. The van der Waals surface area contributed by atoms with Crippen molar-refractivity contribution in [1.82, 2.24) is 0 Å². The van der Waals surface area contributed by atoms with Crippen LogP contribution >= 0.6 is 7.82 Å². The number of carbonyl (C=O) groups excluding carboxylic acids is 3. The number of allylic oxidation sites excluding steroid dienone is 11. The number of phosphoric acid groups is 1. The van der Waals surface area contributed by atoms with E-state index in [1.54, 1.807) is 12.2 Å². The van der Waals surface area contributed by atoms with Crippen molar-refractivity contribution < 1.29 is 52.9 Å². The van der Waals surface area contributed by atoms with Crippen LogP contribution in [0.5, 0.6) is 0 Å². The fraction of sp³-hybridized carbons (Fsp3) is 0.634. The quantitative estimate of drug-likeness (QED) is 0.0241. The van der Waals surface area contributed by atoms with Crippen molar-refractivity contribution in [1.29, 1.82) is 0 Å². The number of aliphatic hydroxyl groups excluding tert-OH is 2. The third-order valence-corrected chi connectivity index (χ3v) is 9.07. The molecule has 1 aliphatic carbocycles. The average molecular weight is 765 g/mol. The summed E-state index contributed by atoms with van der Waals surface area (Å²) in [5.74, 6) is -1.93. The van der Waals surface area contributed by atoms with E-state index >= 15 is 0 Å². The highest BCUT2D eigenvalue weighted by atomic mass is 31.2. The van der Waals surface area contributed by atoms with Gasteiger partial charge < -0.3 is 29.5 Å². The van der Waals surface area contributed by atoms with E-state index in [2.05, 4.69) is 67.0 Å². The number of aliphatic hydroxyl groups is 2. The summed E-state index contributed by atoms with van der Waals surface area (Å²) in [5, 5.41) is 20.6. The number of Topliss-reactive ketones (excluding diaryl/α,β-unsaturated/α-hetero) is 1. The molecule has 1 rings (SSSR count). The molecule has 11 nitrogen and oxygen atoms in total. The zero-order valence-corrected chi connectivity index (χ0v) is 32.7. The smallest absolute Gasteiger partial charge is 0.462 e. The van der Waals surface area contributed by atoms with Gasteiger partial charge >= 0.3 is 19.8 Å². The van der Waals surface area contributed by atoms with Crippen molar-refractivity contribution in [3.63, 3.8) is 0 Å². The Kier molecular flexibility index (Phi) is 27.6. The van der Waals surface area contributed by atoms with Gasteiger partial charge in [0.05, 0.1) is 18.8 Å². The molecule has 0 bridgehead atoms. The Balaban J connectivity index is 2.38. The first-order valence-corrected chi connectivity index (χ1v) is 20.9. The van der Waals surface area contributed by atoms with Crippen LogP contribution in [-0.4, -0.2) is 69.2 Å². The molecule has 0 aromatic carbocycles. The molecule has 300 valence electrons. The Labute approximate surface area is 317 Å². The number of unbranched alkanes of at least 4 members (excludes halogenated alkanes) is 5. The fourth-order valence-electron chi connectivity index (χ4n) is 5.64. The van der Waals surface area contributed by atoms with Gasteiger partial charge in [-0.3, -0.25) is 18.9 Å². The largest absolute Gasteiger partial charge is 0.469 e. The van der Waals surface area contributed by atoms with Crippen LogP contribution in [0.4, 0.5) is 0 Å². The summed E-state index contributed by atoms with van der Waals surface area (Å²) in [6, 6.07) is 0. The van der Waals surface area contributed by atoms with Gasteiger partial charge in [0.25, 0.3) is 0 Å². The Bertz CT molecular complexity index is 1250. The second-order valence-electron chi connectivity index (χ2n) is 13.3. The Morgan fingerprint density at radius 1 is 0.811 bits per heavy atom. The number of phosphoric ester groups is 1. The molecule has 0 aliphatic heterocycles. The zero-order valence-electron chi connectivity index (χ0n) is 31.8. The first-order chi connectivity index (χ1) is 25.5. The molecule has 0 radical (unpaired) electrons. The lowest BCUT2D eigenvalue weighted by Gasteiger charge is -2.18. The molecule has 1 saturated carbocycles. The third kappa shape index (κ3) is 26.5. The molecule has 0 spiro atoms. The number of hydrogen-bond acceptors (Lipinski definition) is 9. The van der Waals surface area contributed by atoms with Gasteiger partial charge in [0.15, 0.2) is 6.10 Å². The number of ether oxygens (including phenoxy) is 2. The minimum Gasteiger partial charge on any atom is -0.462 e. The van der Waals surface area contributed by atoms with Gasteiger partial charge in [-0.05, 0) is 70.6 Å². The summed E-state index contributed by atoms with van der Waals surface area (Å²) in [6.45, 7) is 3.18. The molecular weight excluding hydrogens is 699 g/mol. The summed E-state index contributed by atoms with van der Waals surface area (Å²) in [7, 11) is -4.84. The third-order valence-electron chi connectivity index (χ3n) is 8.59. The van der Waals surface area contributed by atoms with Gasteiger partial charge in [-0.25, -0.2) is 4.57 Å². The highest BCUT2D eigenvalue weighted by Gasteiger charge is 2.39. The van der Waals surface area contributed by atoms with E-state index in [0.717, 1.165) is 57.8 Å². The maximum Gasteiger partial charge on any atom is 0.469 e. The maximum absolute atomic E-state index is 12.5. The van der Waals surface area contributed by atoms with Crippen molar-refractivity contribution in [2.24, 2.45) is 11.8 Å². The molecule has 1 aliphatic rings. The van der Waals surface area contributed by atoms with Gasteiger partial charge in [0.1, 0.15) is 12.4 Å². The predicted molar refractivity (Wildman–Crippen MR) is 208 cm³/mol. The highest BCUT2D eigenvalue weighted by Crippen LogP contribution is 2.36. The molecule has 0 aromatic heterocycles. The Hall–Kier alpha value is -2.92. The first kappa shape index (κ1) is 48.1. The SMILES string of the molecule is CC/C=C\C/C=C\C/C=C\C/C=C\CCCCC(=O)OC[C@H](COP(=O)(O)O)OC(=O)CCC/C=C\C[C@H]1[C@@H](O)CC(=O)[C@@H]1/C=C/[C@@H](O)CCCCC. The maximum atomic E-state index is 12.5. The molecule has 5 atom stereocenters. The van der Waals surface area contributed by atoms with Crippen LogP contribution < -0.4 is 0 Å². The van der Waals surface area contributed by atoms with Gasteiger partial charge in [-0.1, -0.05) is 106 Å². The summed E-state index contributed by atoms with van der Waals surface area (Å²) < 4.78 is 26.2. The van der Waals surface area contributed by atoms with E-state index in [1.807, 2.05) is 12.2 Å². The number of rotatable bonds is 30. The van der Waals surface area contributed by atoms with Gasteiger partial charge in [0.2, 0.25) is 0 Å². The van der Waals surface area contributed by atoms with Crippen LogP contribution in [0.25, 0.3) is 0 Å². The van der Waals surface area contributed by atoms with Gasteiger partial charge in [-0.15, -0.1) is 0 Å². The molecule has 12 heteroatoms. The minimum absolute atomic E-state index is 0.00776. The van der Waals surface area contributed by atoms with Crippen molar-refractivity contribution in [2.75, 3.05) is 13.2 Å². The van der Waals surface area contributed by atoms with Crippen LogP contribution in [0.15, 0.2) is 72.9 Å². The zero-order chi connectivity index (χ0) is 39.2. The molecule has 4 N–H and O–H groups in total. The van der Waals surface area contributed by atoms with Crippen molar-refractivity contribution >= 4 is 25.5 Å². The van der Waals surface area contributed by atoms with Crippen molar-refractivity contribution in [3.8, 4) is 0 Å². The lowest BCUT2D eigenvalue weighted by atomic mass is 9.90. The molecule has 0 aromatic rings. The van der Waals surface area contributed by atoms with Crippen LogP contribution in [0.1, 0.15) is 123 Å². The molecule has 0 heterocycles. The number of ketones is 1. The van der Waals surface area contributed by atoms with E-state index in [9.17, 15) is 29.2 Å². The molecule has 0 saturated heterocycles. The van der Waals surface area contributed by atoms with E-state index < -0.39 is 57.2 Å². The lowest BCUT2D eigenvalue weighted by Crippen LogP contribution is -2.29. The predicted octanol–water partition coefficient (Wildman–Crippen LogP) is 8.10. The lowest BCUT2D eigenvalue weighted by molar-refractivity contribution is -0.161. The van der Waals surface area contributed by atoms with E-state index in [4.69, 9.17) is 19.3 Å². The van der Waals surface area contributed by atoms with E-state index in [-0.39, 0.29) is 31.0 Å². The molecule has 0 unspecified atom stereocenters. The molecule has 0 amide bonds. The molecule has 53 heavy (non-hydrogen) atoms. The molecule has 1 fully saturated rings. The van der Waals surface area contributed by atoms with Crippen molar-refractivity contribution in [2.45, 2.75) is 141 Å². The number of hydrogen-bond donors (Lipinski definition) is 4.